The Morgan fingerprint density at radius 2 is 2.32 bits per heavy atom. The highest BCUT2D eigenvalue weighted by molar-refractivity contribution is 7.98. The quantitative estimate of drug-likeness (QED) is 0.649. The first-order valence-corrected chi connectivity index (χ1v) is 8.14. The van der Waals surface area contributed by atoms with Crippen LogP contribution in [-0.4, -0.2) is 37.8 Å². The van der Waals surface area contributed by atoms with Gasteiger partial charge in [0.2, 0.25) is 0 Å². The molecule has 0 aliphatic carbocycles. The summed E-state index contributed by atoms with van der Waals surface area (Å²) >= 11 is 3.74. The average molecular weight is 298 g/mol. The topological polar surface area (TPSA) is 65.5 Å². The van der Waals surface area contributed by atoms with Crippen LogP contribution >= 0.6 is 23.1 Å². The molecule has 1 aromatic rings. The van der Waals surface area contributed by atoms with E-state index in [9.17, 15) is 4.79 Å². The van der Waals surface area contributed by atoms with Crippen molar-refractivity contribution in [2.75, 3.05) is 25.9 Å². The highest BCUT2D eigenvalue weighted by atomic mass is 32.2. The SMILES string of the molecule is CNCc1ccc(CSCCNC2=NC(=O)CN2)s1. The van der Waals surface area contributed by atoms with E-state index >= 15 is 0 Å². The highest BCUT2D eigenvalue weighted by Crippen LogP contribution is 2.21. The maximum atomic E-state index is 10.9. The molecule has 0 aromatic carbocycles. The van der Waals surface area contributed by atoms with Gasteiger partial charge in [0.15, 0.2) is 5.96 Å². The van der Waals surface area contributed by atoms with E-state index in [-0.39, 0.29) is 5.91 Å². The van der Waals surface area contributed by atoms with Crippen LogP contribution in [0.4, 0.5) is 0 Å². The third kappa shape index (κ3) is 4.85. The number of carbonyl (C=O) groups is 1. The van der Waals surface area contributed by atoms with Gasteiger partial charge < -0.3 is 16.0 Å². The number of hydrogen-bond acceptors (Lipinski definition) is 6. The molecule has 1 aliphatic rings. The molecule has 1 aliphatic heterocycles. The van der Waals surface area contributed by atoms with Crippen LogP contribution in [-0.2, 0) is 17.1 Å². The minimum absolute atomic E-state index is 0.106. The van der Waals surface area contributed by atoms with Crippen LogP contribution in [0.25, 0.3) is 0 Å². The molecule has 5 nitrogen and oxygen atoms in total. The average Bonchev–Trinajstić information content (AvgIpc) is 2.99. The summed E-state index contributed by atoms with van der Waals surface area (Å²) in [6.07, 6.45) is 0. The molecule has 19 heavy (non-hydrogen) atoms. The molecular weight excluding hydrogens is 280 g/mol. The van der Waals surface area contributed by atoms with Gasteiger partial charge in [0, 0.05) is 34.3 Å². The molecule has 0 atom stereocenters. The Morgan fingerprint density at radius 1 is 1.47 bits per heavy atom. The second kappa shape index (κ2) is 7.52. The van der Waals surface area contributed by atoms with Gasteiger partial charge in [0.05, 0.1) is 6.54 Å². The van der Waals surface area contributed by atoms with Gasteiger partial charge in [-0.05, 0) is 19.2 Å². The van der Waals surface area contributed by atoms with Crippen molar-refractivity contribution < 1.29 is 4.79 Å². The van der Waals surface area contributed by atoms with Crippen molar-refractivity contribution >= 4 is 35.0 Å². The van der Waals surface area contributed by atoms with Gasteiger partial charge in [-0.3, -0.25) is 4.79 Å². The molecule has 0 spiro atoms. The van der Waals surface area contributed by atoms with E-state index in [1.807, 2.05) is 30.1 Å². The number of thioether (sulfide) groups is 1. The third-order valence-electron chi connectivity index (χ3n) is 2.50. The van der Waals surface area contributed by atoms with Crippen molar-refractivity contribution in [3.05, 3.63) is 21.9 Å². The molecule has 7 heteroatoms. The van der Waals surface area contributed by atoms with E-state index in [2.05, 4.69) is 33.1 Å². The number of hydrogen-bond donors (Lipinski definition) is 3. The van der Waals surface area contributed by atoms with E-state index in [1.54, 1.807) is 0 Å². The molecule has 1 aromatic heterocycles. The fourth-order valence-electron chi connectivity index (χ4n) is 1.65. The molecule has 0 radical (unpaired) electrons. The Hall–Kier alpha value is -1.05. The normalized spacial score (nSPS) is 14.4. The predicted octanol–water partition coefficient (Wildman–Crippen LogP) is 0.776. The molecule has 0 fully saturated rings. The third-order valence-corrected chi connectivity index (χ3v) is 4.77. The summed E-state index contributed by atoms with van der Waals surface area (Å²) in [5.41, 5.74) is 0. The van der Waals surface area contributed by atoms with Crippen molar-refractivity contribution in [2.24, 2.45) is 4.99 Å². The molecule has 1 amide bonds. The first-order valence-electron chi connectivity index (χ1n) is 6.17. The first kappa shape index (κ1) is 14.4. The van der Waals surface area contributed by atoms with E-state index < -0.39 is 0 Å². The van der Waals surface area contributed by atoms with Crippen LogP contribution < -0.4 is 16.0 Å². The Balaban J connectivity index is 1.58. The summed E-state index contributed by atoms with van der Waals surface area (Å²) in [6.45, 7) is 2.08. The Labute approximate surface area is 121 Å². The van der Waals surface area contributed by atoms with Crippen molar-refractivity contribution in [2.45, 2.75) is 12.3 Å². The first-order chi connectivity index (χ1) is 9.28. The second-order valence-corrected chi connectivity index (χ2v) is 6.44. The van der Waals surface area contributed by atoms with Gasteiger partial charge in [0.25, 0.3) is 5.91 Å². The van der Waals surface area contributed by atoms with Gasteiger partial charge >= 0.3 is 0 Å². The van der Waals surface area contributed by atoms with E-state index in [4.69, 9.17) is 0 Å². The van der Waals surface area contributed by atoms with Crippen LogP contribution in [0.5, 0.6) is 0 Å². The van der Waals surface area contributed by atoms with Crippen LogP contribution in [0.15, 0.2) is 17.1 Å². The van der Waals surface area contributed by atoms with Crippen LogP contribution in [0.1, 0.15) is 9.75 Å². The van der Waals surface area contributed by atoms with Gasteiger partial charge in [-0.25, -0.2) is 0 Å². The van der Waals surface area contributed by atoms with Crippen LogP contribution in [0, 0.1) is 0 Å². The Kier molecular flexibility index (Phi) is 5.68. The van der Waals surface area contributed by atoms with Gasteiger partial charge in [-0.15, -0.1) is 11.3 Å². The van der Waals surface area contributed by atoms with Gasteiger partial charge in [-0.1, -0.05) is 0 Å². The molecule has 3 N–H and O–H groups in total. The zero-order valence-corrected chi connectivity index (χ0v) is 12.5. The van der Waals surface area contributed by atoms with Crippen LogP contribution in [0.3, 0.4) is 0 Å². The Morgan fingerprint density at radius 3 is 3.05 bits per heavy atom. The van der Waals surface area contributed by atoms with E-state index in [0.29, 0.717) is 12.5 Å². The summed E-state index contributed by atoms with van der Waals surface area (Å²) in [6, 6.07) is 4.37. The zero-order valence-electron chi connectivity index (χ0n) is 10.9. The number of carbonyl (C=O) groups excluding carboxylic acids is 1. The minimum atomic E-state index is -0.106. The summed E-state index contributed by atoms with van der Waals surface area (Å²) in [5.74, 6) is 2.53. The van der Waals surface area contributed by atoms with Gasteiger partial charge in [-0.2, -0.15) is 16.8 Å². The maximum Gasteiger partial charge on any atom is 0.268 e. The Bertz CT molecular complexity index is 458. The van der Waals surface area contributed by atoms with Crippen molar-refractivity contribution in [1.29, 1.82) is 0 Å². The summed E-state index contributed by atoms with van der Waals surface area (Å²) in [4.78, 5) is 17.5. The fraction of sp³-hybridized carbons (Fsp3) is 0.500. The van der Waals surface area contributed by atoms with Crippen molar-refractivity contribution in [3.8, 4) is 0 Å². The molecule has 0 unspecified atom stereocenters. The molecular formula is C12H18N4OS2. The number of nitrogens with one attached hydrogen (secondary N) is 3. The van der Waals surface area contributed by atoms with Crippen molar-refractivity contribution in [3.63, 3.8) is 0 Å². The standard InChI is InChI=1S/C12H18N4OS2/c1-13-6-9-2-3-10(19-9)8-18-5-4-14-12-15-7-11(17)16-12/h2-3,13H,4-8H2,1H3,(H2,14,15,16,17). The fourth-order valence-corrected chi connectivity index (χ4v) is 3.65. The maximum absolute atomic E-state index is 10.9. The predicted molar refractivity (Wildman–Crippen MR) is 81.7 cm³/mol. The number of guanidine groups is 1. The summed E-state index contributed by atoms with van der Waals surface area (Å²) in [5, 5.41) is 9.18. The smallest absolute Gasteiger partial charge is 0.268 e. The molecule has 0 saturated heterocycles. The molecule has 104 valence electrons. The lowest BCUT2D eigenvalue weighted by atomic mass is 10.4. The van der Waals surface area contributed by atoms with E-state index in [1.165, 1.54) is 9.75 Å². The molecule has 2 heterocycles. The molecule has 0 bridgehead atoms. The van der Waals surface area contributed by atoms with Gasteiger partial charge in [0.1, 0.15) is 0 Å². The lowest BCUT2D eigenvalue weighted by Crippen LogP contribution is -2.35. The van der Waals surface area contributed by atoms with Crippen LogP contribution in [0.2, 0.25) is 0 Å². The molecule has 2 rings (SSSR count). The highest BCUT2D eigenvalue weighted by Gasteiger charge is 2.11. The monoisotopic (exact) mass is 298 g/mol. The van der Waals surface area contributed by atoms with E-state index in [0.717, 1.165) is 24.6 Å². The number of rotatable bonds is 7. The number of thiophene rings is 1. The number of amides is 1. The lowest BCUT2D eigenvalue weighted by Gasteiger charge is -2.04. The van der Waals surface area contributed by atoms with Crippen molar-refractivity contribution in [1.82, 2.24) is 16.0 Å². The second-order valence-electron chi connectivity index (χ2n) is 4.09. The number of aliphatic imine (C=N–C) groups is 1. The summed E-state index contributed by atoms with van der Waals surface area (Å²) in [7, 11) is 1.96. The number of nitrogens with zero attached hydrogens (tertiary/aromatic N) is 1. The summed E-state index contributed by atoms with van der Waals surface area (Å²) < 4.78 is 0. The zero-order chi connectivity index (χ0) is 13.5. The molecule has 0 saturated carbocycles. The largest absolute Gasteiger partial charge is 0.355 e. The lowest BCUT2D eigenvalue weighted by molar-refractivity contribution is -0.116. The minimum Gasteiger partial charge on any atom is -0.355 e.